The highest BCUT2D eigenvalue weighted by atomic mass is 79.9. The van der Waals surface area contributed by atoms with Crippen LogP contribution in [0.3, 0.4) is 0 Å². The van der Waals surface area contributed by atoms with Crippen molar-refractivity contribution in [1.82, 2.24) is 15.0 Å². The predicted molar refractivity (Wildman–Crippen MR) is 55.8 cm³/mol. The van der Waals surface area contributed by atoms with E-state index in [1.165, 1.54) is 5.56 Å². The summed E-state index contributed by atoms with van der Waals surface area (Å²) in [5, 5.41) is 0. The third-order valence-corrected chi connectivity index (χ3v) is 3.27. The second kappa shape index (κ2) is 2.80. The van der Waals surface area contributed by atoms with Gasteiger partial charge in [0.2, 0.25) is 0 Å². The number of halogens is 1. The Morgan fingerprint density at radius 1 is 1.15 bits per heavy atom. The molecule has 68 valence electrons. The maximum absolute atomic E-state index is 4.37. The molecule has 0 aliphatic carbocycles. The zero-order valence-electron chi connectivity index (χ0n) is 7.77. The second-order valence-corrected chi connectivity index (χ2v) is 3.95. The van der Waals surface area contributed by atoms with Crippen LogP contribution in [-0.2, 0) is 0 Å². The summed E-state index contributed by atoms with van der Waals surface area (Å²) >= 11 is 3.50. The molecule has 3 nitrogen and oxygen atoms in total. The molecule has 2 heterocycles. The van der Waals surface area contributed by atoms with Crippen molar-refractivity contribution in [2.45, 2.75) is 20.8 Å². The first kappa shape index (κ1) is 8.69. The van der Waals surface area contributed by atoms with Crippen LogP contribution in [0.5, 0.6) is 0 Å². The van der Waals surface area contributed by atoms with E-state index in [1.807, 2.05) is 13.8 Å². The van der Waals surface area contributed by atoms with Crippen LogP contribution in [-0.4, -0.2) is 15.0 Å². The largest absolute Gasteiger partial charge is 0.341 e. The summed E-state index contributed by atoms with van der Waals surface area (Å²) in [5.41, 5.74) is 3.98. The van der Waals surface area contributed by atoms with Gasteiger partial charge in [-0.05, 0) is 42.3 Å². The lowest BCUT2D eigenvalue weighted by atomic mass is 10.2. The summed E-state index contributed by atoms with van der Waals surface area (Å²) in [6, 6.07) is 0. The van der Waals surface area contributed by atoms with Crippen molar-refractivity contribution >= 4 is 27.1 Å². The highest BCUT2D eigenvalue weighted by Gasteiger charge is 2.09. The van der Waals surface area contributed by atoms with Crippen LogP contribution in [0.1, 0.15) is 17.1 Å². The van der Waals surface area contributed by atoms with E-state index in [-0.39, 0.29) is 0 Å². The number of hydrogen-bond acceptors (Lipinski definition) is 2. The number of H-pyrrole nitrogens is 1. The van der Waals surface area contributed by atoms with Crippen molar-refractivity contribution < 1.29 is 0 Å². The maximum atomic E-state index is 4.37. The first-order valence-corrected chi connectivity index (χ1v) is 4.88. The number of aryl methyl sites for hydroxylation is 3. The Kier molecular flexibility index (Phi) is 1.87. The molecule has 2 aromatic heterocycles. The fraction of sp³-hybridized carbons (Fsp3) is 0.333. The Balaban J connectivity index is 2.92. The fourth-order valence-electron chi connectivity index (χ4n) is 1.41. The maximum Gasteiger partial charge on any atom is 0.178 e. The molecule has 0 spiro atoms. The minimum atomic E-state index is 0.802. The predicted octanol–water partition coefficient (Wildman–Crippen LogP) is 2.65. The number of aromatic amines is 1. The standard InChI is InChI=1S/C9H10BrN3/c1-4-7(10)5(2)11-9-8(4)12-6(3)13-9/h1-3H3,(H,11,12,13). The van der Waals surface area contributed by atoms with Gasteiger partial charge in [0.1, 0.15) is 5.82 Å². The quantitative estimate of drug-likeness (QED) is 0.769. The summed E-state index contributed by atoms with van der Waals surface area (Å²) < 4.78 is 1.06. The monoisotopic (exact) mass is 239 g/mol. The van der Waals surface area contributed by atoms with Crippen LogP contribution in [0, 0.1) is 20.8 Å². The van der Waals surface area contributed by atoms with E-state index < -0.39 is 0 Å². The number of nitrogens with zero attached hydrogens (tertiary/aromatic N) is 2. The summed E-state index contributed by atoms with van der Waals surface area (Å²) in [5.74, 6) is 0.906. The number of pyridine rings is 1. The first-order chi connectivity index (χ1) is 6.09. The third kappa shape index (κ3) is 1.25. The summed E-state index contributed by atoms with van der Waals surface area (Å²) in [6.45, 7) is 5.96. The van der Waals surface area contributed by atoms with Crippen LogP contribution in [0.4, 0.5) is 0 Å². The van der Waals surface area contributed by atoms with Crippen molar-refractivity contribution in [3.8, 4) is 0 Å². The van der Waals surface area contributed by atoms with Crippen LogP contribution in [0.25, 0.3) is 11.2 Å². The van der Waals surface area contributed by atoms with E-state index in [2.05, 4.69) is 37.8 Å². The number of nitrogens with one attached hydrogen (secondary N) is 1. The minimum absolute atomic E-state index is 0.802. The normalized spacial score (nSPS) is 11.1. The first-order valence-electron chi connectivity index (χ1n) is 4.08. The summed E-state index contributed by atoms with van der Waals surface area (Å²) in [6.07, 6.45) is 0. The molecular weight excluding hydrogens is 230 g/mol. The molecule has 13 heavy (non-hydrogen) atoms. The molecule has 0 aliphatic heterocycles. The number of aromatic nitrogens is 3. The SMILES string of the molecule is Cc1nc2nc(C)c(Br)c(C)c2[nH]1. The molecule has 0 fully saturated rings. The van der Waals surface area contributed by atoms with Gasteiger partial charge in [0.15, 0.2) is 5.65 Å². The van der Waals surface area contributed by atoms with Gasteiger partial charge >= 0.3 is 0 Å². The highest BCUT2D eigenvalue weighted by molar-refractivity contribution is 9.10. The molecule has 2 aromatic rings. The van der Waals surface area contributed by atoms with Gasteiger partial charge in [-0.1, -0.05) is 0 Å². The Bertz CT molecular complexity index is 473. The van der Waals surface area contributed by atoms with E-state index >= 15 is 0 Å². The van der Waals surface area contributed by atoms with Crippen LogP contribution < -0.4 is 0 Å². The van der Waals surface area contributed by atoms with Crippen molar-refractivity contribution in [2.24, 2.45) is 0 Å². The summed E-state index contributed by atoms with van der Waals surface area (Å²) in [4.78, 5) is 11.8. The Morgan fingerprint density at radius 3 is 2.54 bits per heavy atom. The van der Waals surface area contributed by atoms with Crippen LogP contribution >= 0.6 is 15.9 Å². The van der Waals surface area contributed by atoms with E-state index in [0.717, 1.165) is 27.2 Å². The van der Waals surface area contributed by atoms with Crippen molar-refractivity contribution in [3.05, 3.63) is 21.6 Å². The Labute approximate surface area is 84.7 Å². The molecule has 0 saturated heterocycles. The summed E-state index contributed by atoms with van der Waals surface area (Å²) in [7, 11) is 0. The molecule has 0 bridgehead atoms. The van der Waals surface area contributed by atoms with Crippen molar-refractivity contribution in [1.29, 1.82) is 0 Å². The van der Waals surface area contributed by atoms with Crippen LogP contribution in [0.15, 0.2) is 4.47 Å². The van der Waals surface area contributed by atoms with Gasteiger partial charge in [-0.2, -0.15) is 0 Å². The van der Waals surface area contributed by atoms with Gasteiger partial charge in [0, 0.05) is 4.47 Å². The van der Waals surface area contributed by atoms with Gasteiger partial charge in [0.25, 0.3) is 0 Å². The van der Waals surface area contributed by atoms with Crippen LogP contribution in [0.2, 0.25) is 0 Å². The lowest BCUT2D eigenvalue weighted by molar-refractivity contribution is 1.15. The molecule has 0 atom stereocenters. The van der Waals surface area contributed by atoms with Gasteiger partial charge in [-0.15, -0.1) is 0 Å². The number of fused-ring (bicyclic) bond motifs is 1. The Hall–Kier alpha value is -0.900. The number of imidazole rings is 1. The van der Waals surface area contributed by atoms with Crippen molar-refractivity contribution in [3.63, 3.8) is 0 Å². The molecule has 0 amide bonds. The average molecular weight is 240 g/mol. The minimum Gasteiger partial charge on any atom is -0.341 e. The average Bonchev–Trinajstić information content (AvgIpc) is 2.42. The molecule has 0 aromatic carbocycles. The van der Waals surface area contributed by atoms with E-state index in [4.69, 9.17) is 0 Å². The number of hydrogen-bond donors (Lipinski definition) is 1. The molecule has 2 rings (SSSR count). The lowest BCUT2D eigenvalue weighted by Gasteiger charge is -2.01. The van der Waals surface area contributed by atoms with Gasteiger partial charge in [-0.25, -0.2) is 9.97 Å². The number of rotatable bonds is 0. The molecule has 1 N–H and O–H groups in total. The van der Waals surface area contributed by atoms with E-state index in [9.17, 15) is 0 Å². The fourth-order valence-corrected chi connectivity index (χ4v) is 1.70. The molecular formula is C9H10BrN3. The van der Waals surface area contributed by atoms with E-state index in [0.29, 0.717) is 0 Å². The van der Waals surface area contributed by atoms with Crippen molar-refractivity contribution in [2.75, 3.05) is 0 Å². The van der Waals surface area contributed by atoms with Gasteiger partial charge in [-0.3, -0.25) is 0 Å². The molecule has 0 saturated carbocycles. The highest BCUT2D eigenvalue weighted by Crippen LogP contribution is 2.25. The zero-order chi connectivity index (χ0) is 9.59. The zero-order valence-corrected chi connectivity index (χ0v) is 9.36. The second-order valence-electron chi connectivity index (χ2n) is 3.16. The topological polar surface area (TPSA) is 41.6 Å². The van der Waals surface area contributed by atoms with Gasteiger partial charge in [0.05, 0.1) is 11.2 Å². The lowest BCUT2D eigenvalue weighted by Crippen LogP contribution is -1.89. The molecule has 0 unspecified atom stereocenters. The Morgan fingerprint density at radius 2 is 1.85 bits per heavy atom. The molecule has 0 aliphatic rings. The molecule has 0 radical (unpaired) electrons. The third-order valence-electron chi connectivity index (χ3n) is 2.10. The molecule has 4 heteroatoms. The van der Waals surface area contributed by atoms with E-state index in [1.54, 1.807) is 0 Å². The smallest absolute Gasteiger partial charge is 0.178 e. The van der Waals surface area contributed by atoms with Gasteiger partial charge < -0.3 is 4.98 Å².